The lowest BCUT2D eigenvalue weighted by Gasteiger charge is -2.30. The number of benzene rings is 1. The predicted molar refractivity (Wildman–Crippen MR) is 110 cm³/mol. The standard InChI is InChI=1S/C19H24F3N5O2S/c1-12-9-13(19(20,21)22)10-16(26-30(3,28)29)18(12)15-6-7-17(25-24-15)23-14-5-4-8-27(2)11-14/h6-7,9-10,14,26H,4-5,8,11H2,1-3H3,(H,23,25)/t14-/m1/s1. The molecule has 0 radical (unpaired) electrons. The number of rotatable bonds is 5. The average molecular weight is 443 g/mol. The molecule has 1 aliphatic rings. The van der Waals surface area contributed by atoms with E-state index in [1.807, 2.05) is 7.05 Å². The van der Waals surface area contributed by atoms with E-state index in [1.165, 1.54) is 6.92 Å². The highest BCUT2D eigenvalue weighted by Crippen LogP contribution is 2.38. The first-order chi connectivity index (χ1) is 13.9. The minimum Gasteiger partial charge on any atom is -0.365 e. The third-order valence-corrected chi connectivity index (χ3v) is 5.45. The van der Waals surface area contributed by atoms with E-state index in [4.69, 9.17) is 0 Å². The summed E-state index contributed by atoms with van der Waals surface area (Å²) < 4.78 is 65.2. The fraction of sp³-hybridized carbons (Fsp3) is 0.474. The molecule has 0 bridgehead atoms. The first-order valence-corrected chi connectivity index (χ1v) is 11.3. The molecule has 7 nitrogen and oxygen atoms in total. The summed E-state index contributed by atoms with van der Waals surface area (Å²) in [7, 11) is -1.75. The Balaban J connectivity index is 1.93. The number of anilines is 2. The molecule has 11 heteroatoms. The zero-order chi connectivity index (χ0) is 22.1. The normalized spacial score (nSPS) is 18.3. The summed E-state index contributed by atoms with van der Waals surface area (Å²) in [6.45, 7) is 3.40. The van der Waals surface area contributed by atoms with Crippen molar-refractivity contribution in [1.82, 2.24) is 15.1 Å². The molecule has 0 spiro atoms. The Morgan fingerprint density at radius 2 is 1.93 bits per heavy atom. The van der Waals surface area contributed by atoms with Crippen molar-refractivity contribution >= 4 is 21.5 Å². The number of piperidine rings is 1. The number of aryl methyl sites for hydroxylation is 1. The third kappa shape index (κ3) is 5.60. The molecule has 1 saturated heterocycles. The highest BCUT2D eigenvalue weighted by atomic mass is 32.2. The summed E-state index contributed by atoms with van der Waals surface area (Å²) in [5.41, 5.74) is -0.361. The lowest BCUT2D eigenvalue weighted by Crippen LogP contribution is -2.39. The van der Waals surface area contributed by atoms with E-state index in [0.29, 0.717) is 5.82 Å². The first kappa shape index (κ1) is 22.3. The second kappa shape index (κ2) is 8.38. The Hall–Kier alpha value is -2.40. The minimum atomic E-state index is -4.61. The molecule has 0 amide bonds. The summed E-state index contributed by atoms with van der Waals surface area (Å²) in [5, 5.41) is 11.6. The van der Waals surface area contributed by atoms with Crippen molar-refractivity contribution in [2.75, 3.05) is 36.4 Å². The van der Waals surface area contributed by atoms with Gasteiger partial charge in [-0.25, -0.2) is 8.42 Å². The van der Waals surface area contributed by atoms with Crippen molar-refractivity contribution in [3.8, 4) is 11.3 Å². The van der Waals surface area contributed by atoms with Gasteiger partial charge in [-0.1, -0.05) is 0 Å². The van der Waals surface area contributed by atoms with Crippen molar-refractivity contribution in [2.24, 2.45) is 0 Å². The van der Waals surface area contributed by atoms with Gasteiger partial charge in [-0.2, -0.15) is 13.2 Å². The second-order valence-corrected chi connectivity index (χ2v) is 9.39. The van der Waals surface area contributed by atoms with Crippen LogP contribution in [0, 0.1) is 6.92 Å². The van der Waals surface area contributed by atoms with Crippen LogP contribution in [0.4, 0.5) is 24.7 Å². The molecule has 2 N–H and O–H groups in total. The summed E-state index contributed by atoms with van der Waals surface area (Å²) in [4.78, 5) is 2.22. The van der Waals surface area contributed by atoms with Gasteiger partial charge in [-0.15, -0.1) is 10.2 Å². The summed E-state index contributed by atoms with van der Waals surface area (Å²) >= 11 is 0. The lowest BCUT2D eigenvalue weighted by molar-refractivity contribution is -0.137. The maximum absolute atomic E-state index is 13.2. The molecule has 164 valence electrons. The van der Waals surface area contributed by atoms with Gasteiger partial charge in [-0.05, 0) is 63.2 Å². The number of nitrogens with one attached hydrogen (secondary N) is 2. The number of sulfonamides is 1. The van der Waals surface area contributed by atoms with Crippen LogP contribution in [0.5, 0.6) is 0 Å². The van der Waals surface area contributed by atoms with Crippen LogP contribution in [-0.4, -0.2) is 55.9 Å². The van der Waals surface area contributed by atoms with Gasteiger partial charge < -0.3 is 10.2 Å². The van der Waals surface area contributed by atoms with Crippen LogP contribution in [-0.2, 0) is 16.2 Å². The summed E-state index contributed by atoms with van der Waals surface area (Å²) in [5.74, 6) is 0.557. The van der Waals surface area contributed by atoms with Crippen molar-refractivity contribution in [2.45, 2.75) is 32.0 Å². The van der Waals surface area contributed by atoms with Gasteiger partial charge in [0.05, 0.1) is 23.2 Å². The minimum absolute atomic E-state index is 0.186. The fourth-order valence-corrected chi connectivity index (χ4v) is 4.17. The highest BCUT2D eigenvalue weighted by Gasteiger charge is 2.32. The number of likely N-dealkylation sites (N-methyl/N-ethyl adjacent to an activating group) is 1. The van der Waals surface area contributed by atoms with Crippen LogP contribution >= 0.6 is 0 Å². The Labute approximate surface area is 173 Å². The number of hydrogen-bond acceptors (Lipinski definition) is 6. The van der Waals surface area contributed by atoms with Crippen LogP contribution in [0.15, 0.2) is 24.3 Å². The topological polar surface area (TPSA) is 87.2 Å². The van der Waals surface area contributed by atoms with E-state index in [2.05, 4.69) is 25.1 Å². The highest BCUT2D eigenvalue weighted by molar-refractivity contribution is 7.92. The molecule has 30 heavy (non-hydrogen) atoms. The third-order valence-electron chi connectivity index (χ3n) is 4.86. The van der Waals surface area contributed by atoms with Gasteiger partial charge in [-0.3, -0.25) is 4.72 Å². The summed E-state index contributed by atoms with van der Waals surface area (Å²) in [6, 6.07) is 5.28. The molecule has 3 rings (SSSR count). The molecule has 1 aromatic heterocycles. The average Bonchev–Trinajstić information content (AvgIpc) is 2.60. The molecule has 0 aliphatic carbocycles. The molecule has 2 aromatic rings. The molecule has 0 unspecified atom stereocenters. The summed E-state index contributed by atoms with van der Waals surface area (Å²) in [6.07, 6.45) is -1.64. The van der Waals surface area contributed by atoms with Crippen LogP contribution in [0.2, 0.25) is 0 Å². The molecule has 0 saturated carbocycles. The van der Waals surface area contributed by atoms with Gasteiger partial charge in [0, 0.05) is 18.2 Å². The first-order valence-electron chi connectivity index (χ1n) is 9.41. The predicted octanol–water partition coefficient (Wildman–Crippen LogP) is 3.35. The maximum Gasteiger partial charge on any atom is 0.416 e. The SMILES string of the molecule is Cc1cc(C(F)(F)F)cc(NS(C)(=O)=O)c1-c1ccc(N[C@@H]2CCCN(C)C2)nn1. The maximum atomic E-state index is 13.2. The molecule has 1 atom stereocenters. The quantitative estimate of drug-likeness (QED) is 0.737. The number of halogens is 3. The zero-order valence-electron chi connectivity index (χ0n) is 16.9. The van der Waals surface area contributed by atoms with Crippen LogP contribution < -0.4 is 10.0 Å². The van der Waals surface area contributed by atoms with E-state index in [0.717, 1.165) is 44.3 Å². The van der Waals surface area contributed by atoms with Crippen molar-refractivity contribution < 1.29 is 21.6 Å². The number of aromatic nitrogens is 2. The monoisotopic (exact) mass is 443 g/mol. The molecule has 1 aliphatic heterocycles. The molecular formula is C19H24F3N5O2S. The molecule has 2 heterocycles. The van der Waals surface area contributed by atoms with Crippen molar-refractivity contribution in [3.63, 3.8) is 0 Å². The molecule has 1 aromatic carbocycles. The van der Waals surface area contributed by atoms with Gasteiger partial charge >= 0.3 is 6.18 Å². The van der Waals surface area contributed by atoms with Crippen molar-refractivity contribution in [3.05, 3.63) is 35.4 Å². The van der Waals surface area contributed by atoms with Gasteiger partial charge in [0.15, 0.2) is 0 Å². The van der Waals surface area contributed by atoms with Crippen LogP contribution in [0.1, 0.15) is 24.0 Å². The second-order valence-electron chi connectivity index (χ2n) is 7.64. The Bertz CT molecular complexity index is 1010. The van der Waals surface area contributed by atoms with Gasteiger partial charge in [0.25, 0.3) is 0 Å². The van der Waals surface area contributed by atoms with Gasteiger partial charge in [0.2, 0.25) is 10.0 Å². The Morgan fingerprint density at radius 1 is 1.20 bits per heavy atom. The van der Waals surface area contributed by atoms with E-state index in [1.54, 1.807) is 12.1 Å². The van der Waals surface area contributed by atoms with E-state index < -0.39 is 21.8 Å². The Kier molecular flexibility index (Phi) is 6.23. The van der Waals surface area contributed by atoms with E-state index >= 15 is 0 Å². The zero-order valence-corrected chi connectivity index (χ0v) is 17.7. The smallest absolute Gasteiger partial charge is 0.365 e. The lowest BCUT2D eigenvalue weighted by atomic mass is 9.99. The molecule has 1 fully saturated rings. The number of nitrogens with zero attached hydrogens (tertiary/aromatic N) is 3. The fourth-order valence-electron chi connectivity index (χ4n) is 3.61. The van der Waals surface area contributed by atoms with Crippen molar-refractivity contribution in [1.29, 1.82) is 0 Å². The van der Waals surface area contributed by atoms with E-state index in [-0.39, 0.29) is 28.6 Å². The largest absolute Gasteiger partial charge is 0.416 e. The molecular weight excluding hydrogens is 419 g/mol. The van der Waals surface area contributed by atoms with Crippen LogP contribution in [0.25, 0.3) is 11.3 Å². The number of alkyl halides is 3. The Morgan fingerprint density at radius 3 is 2.50 bits per heavy atom. The van der Waals surface area contributed by atoms with Crippen LogP contribution in [0.3, 0.4) is 0 Å². The van der Waals surface area contributed by atoms with E-state index in [9.17, 15) is 21.6 Å². The number of likely N-dealkylation sites (tertiary alicyclic amines) is 1. The van der Waals surface area contributed by atoms with Gasteiger partial charge in [0.1, 0.15) is 5.82 Å². The number of hydrogen-bond donors (Lipinski definition) is 2.